The van der Waals surface area contributed by atoms with E-state index >= 15 is 0 Å². The quantitative estimate of drug-likeness (QED) is 0.861. The average Bonchev–Trinajstić information content (AvgIpc) is 2.62. The fraction of sp³-hybridized carbons (Fsp3) is 0.444. The standard InChI is InChI=1S/C18H21N3O3/c1-13-4-5-19-18(20-13)17-12-21(6-7-22-17)11-14-2-3-15-16(10-14)24-9-8-23-15/h2-5,10,17H,6-9,11-12H2,1H3/t17-/m1/s1. The van der Waals surface area contributed by atoms with Gasteiger partial charge < -0.3 is 14.2 Å². The Kier molecular flexibility index (Phi) is 4.32. The van der Waals surface area contributed by atoms with Gasteiger partial charge in [-0.2, -0.15) is 0 Å². The third-order valence-corrected chi connectivity index (χ3v) is 4.26. The zero-order chi connectivity index (χ0) is 16.4. The Hall–Kier alpha value is -2.18. The molecule has 1 atom stereocenters. The Morgan fingerprint density at radius 2 is 2.00 bits per heavy atom. The number of ether oxygens (including phenoxy) is 3. The summed E-state index contributed by atoms with van der Waals surface area (Å²) in [7, 11) is 0. The Morgan fingerprint density at radius 3 is 2.88 bits per heavy atom. The van der Waals surface area contributed by atoms with Gasteiger partial charge in [0.15, 0.2) is 17.3 Å². The molecule has 2 aliphatic rings. The summed E-state index contributed by atoms with van der Waals surface area (Å²) in [4.78, 5) is 11.2. The largest absolute Gasteiger partial charge is 0.486 e. The van der Waals surface area contributed by atoms with Crippen LogP contribution < -0.4 is 9.47 Å². The summed E-state index contributed by atoms with van der Waals surface area (Å²) >= 11 is 0. The number of rotatable bonds is 3. The first-order valence-electron chi connectivity index (χ1n) is 8.30. The van der Waals surface area contributed by atoms with E-state index < -0.39 is 0 Å². The van der Waals surface area contributed by atoms with Gasteiger partial charge in [-0.05, 0) is 30.7 Å². The molecule has 1 saturated heterocycles. The van der Waals surface area contributed by atoms with Gasteiger partial charge in [0.2, 0.25) is 0 Å². The van der Waals surface area contributed by atoms with Crippen LogP contribution in [0.25, 0.3) is 0 Å². The van der Waals surface area contributed by atoms with Crippen molar-refractivity contribution in [3.63, 3.8) is 0 Å². The van der Waals surface area contributed by atoms with E-state index in [0.29, 0.717) is 19.8 Å². The van der Waals surface area contributed by atoms with E-state index in [9.17, 15) is 0 Å². The molecule has 126 valence electrons. The molecule has 0 bridgehead atoms. The fourth-order valence-corrected chi connectivity index (χ4v) is 3.07. The van der Waals surface area contributed by atoms with Crippen molar-refractivity contribution in [2.45, 2.75) is 19.6 Å². The minimum atomic E-state index is -0.0733. The molecule has 6 nitrogen and oxygen atoms in total. The van der Waals surface area contributed by atoms with Gasteiger partial charge in [0.25, 0.3) is 0 Å². The molecule has 24 heavy (non-hydrogen) atoms. The summed E-state index contributed by atoms with van der Waals surface area (Å²) in [5.41, 5.74) is 2.18. The number of hydrogen-bond acceptors (Lipinski definition) is 6. The second kappa shape index (κ2) is 6.75. The molecule has 0 unspecified atom stereocenters. The number of benzene rings is 1. The Morgan fingerprint density at radius 1 is 1.12 bits per heavy atom. The van der Waals surface area contributed by atoms with Crippen LogP contribution in [0.5, 0.6) is 11.5 Å². The van der Waals surface area contributed by atoms with Crippen molar-refractivity contribution < 1.29 is 14.2 Å². The highest BCUT2D eigenvalue weighted by Crippen LogP contribution is 2.31. The number of nitrogens with zero attached hydrogens (tertiary/aromatic N) is 3. The monoisotopic (exact) mass is 327 g/mol. The van der Waals surface area contributed by atoms with Crippen LogP contribution in [0.2, 0.25) is 0 Å². The number of hydrogen-bond donors (Lipinski definition) is 0. The molecule has 1 aromatic heterocycles. The topological polar surface area (TPSA) is 56.7 Å². The lowest BCUT2D eigenvalue weighted by Crippen LogP contribution is -2.38. The first-order chi connectivity index (χ1) is 11.8. The zero-order valence-corrected chi connectivity index (χ0v) is 13.8. The van der Waals surface area contributed by atoms with Crippen LogP contribution >= 0.6 is 0 Å². The molecule has 3 heterocycles. The van der Waals surface area contributed by atoms with E-state index in [0.717, 1.165) is 42.7 Å². The number of morpholine rings is 1. The van der Waals surface area contributed by atoms with Crippen molar-refractivity contribution in [1.82, 2.24) is 14.9 Å². The summed E-state index contributed by atoms with van der Waals surface area (Å²) in [5, 5.41) is 0. The third kappa shape index (κ3) is 3.34. The van der Waals surface area contributed by atoms with Crippen LogP contribution in [-0.2, 0) is 11.3 Å². The summed E-state index contributed by atoms with van der Waals surface area (Å²) in [6, 6.07) is 8.06. The highest BCUT2D eigenvalue weighted by molar-refractivity contribution is 5.43. The van der Waals surface area contributed by atoms with E-state index in [1.54, 1.807) is 6.20 Å². The molecule has 4 rings (SSSR count). The molecule has 0 N–H and O–H groups in total. The maximum Gasteiger partial charge on any atom is 0.161 e. The van der Waals surface area contributed by atoms with Crippen LogP contribution in [0.3, 0.4) is 0 Å². The van der Waals surface area contributed by atoms with Gasteiger partial charge in [0, 0.05) is 31.5 Å². The second-order valence-corrected chi connectivity index (χ2v) is 6.13. The molecular weight excluding hydrogens is 306 g/mol. The summed E-state index contributed by atoms with van der Waals surface area (Å²) in [6.45, 7) is 6.43. The molecule has 6 heteroatoms. The van der Waals surface area contributed by atoms with E-state index in [1.165, 1.54) is 5.56 Å². The number of aromatic nitrogens is 2. The van der Waals surface area contributed by atoms with E-state index in [2.05, 4.69) is 27.0 Å². The van der Waals surface area contributed by atoms with Gasteiger partial charge in [-0.1, -0.05) is 6.07 Å². The third-order valence-electron chi connectivity index (χ3n) is 4.26. The van der Waals surface area contributed by atoms with Gasteiger partial charge in [0.1, 0.15) is 19.3 Å². The minimum Gasteiger partial charge on any atom is -0.486 e. The Bertz CT molecular complexity index is 722. The van der Waals surface area contributed by atoms with Gasteiger partial charge in [-0.15, -0.1) is 0 Å². The van der Waals surface area contributed by atoms with Crippen LogP contribution in [0, 0.1) is 6.92 Å². The maximum atomic E-state index is 5.87. The van der Waals surface area contributed by atoms with Crippen molar-refractivity contribution in [3.8, 4) is 11.5 Å². The van der Waals surface area contributed by atoms with Gasteiger partial charge in [-0.3, -0.25) is 4.90 Å². The maximum absolute atomic E-state index is 5.87. The van der Waals surface area contributed by atoms with Gasteiger partial charge >= 0.3 is 0 Å². The highest BCUT2D eigenvalue weighted by atomic mass is 16.6. The molecule has 1 aromatic carbocycles. The van der Waals surface area contributed by atoms with Crippen LogP contribution in [-0.4, -0.2) is 47.8 Å². The number of fused-ring (bicyclic) bond motifs is 1. The first kappa shape index (κ1) is 15.4. The lowest BCUT2D eigenvalue weighted by molar-refractivity contribution is -0.0373. The molecule has 0 radical (unpaired) electrons. The molecule has 2 aromatic rings. The van der Waals surface area contributed by atoms with E-state index in [4.69, 9.17) is 14.2 Å². The second-order valence-electron chi connectivity index (χ2n) is 6.13. The minimum absolute atomic E-state index is 0.0733. The summed E-state index contributed by atoms with van der Waals surface area (Å²) in [5.74, 6) is 2.44. The van der Waals surface area contributed by atoms with Crippen molar-refractivity contribution >= 4 is 0 Å². The van der Waals surface area contributed by atoms with Crippen molar-refractivity contribution in [1.29, 1.82) is 0 Å². The zero-order valence-electron chi connectivity index (χ0n) is 13.8. The van der Waals surface area contributed by atoms with Crippen molar-refractivity contribution in [3.05, 3.63) is 47.5 Å². The highest BCUT2D eigenvalue weighted by Gasteiger charge is 2.24. The molecule has 0 amide bonds. The van der Waals surface area contributed by atoms with Crippen molar-refractivity contribution in [2.75, 3.05) is 32.9 Å². The van der Waals surface area contributed by atoms with Crippen LogP contribution in [0.15, 0.2) is 30.5 Å². The number of aryl methyl sites for hydroxylation is 1. The van der Waals surface area contributed by atoms with Crippen LogP contribution in [0.4, 0.5) is 0 Å². The molecule has 0 spiro atoms. The van der Waals surface area contributed by atoms with Crippen molar-refractivity contribution in [2.24, 2.45) is 0 Å². The predicted octanol–water partition coefficient (Wildman–Crippen LogP) is 2.13. The molecule has 0 aliphatic carbocycles. The molecular formula is C18H21N3O3. The van der Waals surface area contributed by atoms with Crippen LogP contribution in [0.1, 0.15) is 23.2 Å². The van der Waals surface area contributed by atoms with E-state index in [-0.39, 0.29) is 6.10 Å². The summed E-state index contributed by atoms with van der Waals surface area (Å²) in [6.07, 6.45) is 1.72. The smallest absolute Gasteiger partial charge is 0.161 e. The first-order valence-corrected chi connectivity index (χ1v) is 8.30. The normalized spacial score (nSPS) is 20.8. The predicted molar refractivity (Wildman–Crippen MR) is 88.2 cm³/mol. The Labute approximate surface area is 141 Å². The lowest BCUT2D eigenvalue weighted by Gasteiger charge is -2.32. The summed E-state index contributed by atoms with van der Waals surface area (Å²) < 4.78 is 17.1. The lowest BCUT2D eigenvalue weighted by atomic mass is 10.1. The van der Waals surface area contributed by atoms with Gasteiger partial charge in [0.05, 0.1) is 6.61 Å². The molecule has 2 aliphatic heterocycles. The molecule has 1 fully saturated rings. The van der Waals surface area contributed by atoms with E-state index in [1.807, 2.05) is 19.1 Å². The average molecular weight is 327 g/mol. The molecule has 0 saturated carbocycles. The Balaban J connectivity index is 1.45. The van der Waals surface area contributed by atoms with Gasteiger partial charge in [-0.25, -0.2) is 9.97 Å². The SMILES string of the molecule is Cc1ccnc([C@H]2CN(Cc3ccc4c(c3)OCCO4)CCO2)n1. The fourth-order valence-electron chi connectivity index (χ4n) is 3.07.